The highest BCUT2D eigenvalue weighted by molar-refractivity contribution is 6.00. The Hall–Kier alpha value is -2.25. The van der Waals surface area contributed by atoms with Crippen LogP contribution in [-0.4, -0.2) is 76.3 Å². The summed E-state index contributed by atoms with van der Waals surface area (Å²) in [4.78, 5) is 21.9. The Morgan fingerprint density at radius 1 is 1.15 bits per heavy atom. The van der Waals surface area contributed by atoms with Crippen LogP contribution in [0.4, 0.5) is 0 Å². The molecule has 1 aromatic carbocycles. The molecule has 7 heteroatoms. The molecule has 0 radical (unpaired) electrons. The van der Waals surface area contributed by atoms with Gasteiger partial charge in [0.25, 0.3) is 5.91 Å². The van der Waals surface area contributed by atoms with Gasteiger partial charge in [0.2, 0.25) is 0 Å². The lowest BCUT2D eigenvalue weighted by Gasteiger charge is -2.31. The second-order valence-corrected chi connectivity index (χ2v) is 7.34. The minimum Gasteiger partial charge on any atom is -0.375 e. The minimum absolute atomic E-state index is 0.0381. The maximum Gasteiger partial charge on any atom is 0.254 e. The summed E-state index contributed by atoms with van der Waals surface area (Å²) < 4.78 is 6.06. The van der Waals surface area contributed by atoms with Crippen molar-refractivity contribution in [2.45, 2.75) is 31.8 Å². The van der Waals surface area contributed by atoms with Crippen LogP contribution in [0.15, 0.2) is 30.6 Å². The molecule has 1 amide bonds. The molecular weight excluding hydrogens is 342 g/mol. The number of benzene rings is 1. The van der Waals surface area contributed by atoms with E-state index >= 15 is 0 Å². The molecule has 1 atom stereocenters. The van der Waals surface area contributed by atoms with Crippen LogP contribution in [0.5, 0.6) is 0 Å². The predicted octanol–water partition coefficient (Wildman–Crippen LogP) is 2.19. The van der Waals surface area contributed by atoms with E-state index in [4.69, 9.17) is 4.74 Å². The van der Waals surface area contributed by atoms with E-state index in [1.165, 1.54) is 25.6 Å². The molecule has 144 valence electrons. The van der Waals surface area contributed by atoms with E-state index in [1.54, 1.807) is 0 Å². The largest absolute Gasteiger partial charge is 0.375 e. The van der Waals surface area contributed by atoms with Crippen LogP contribution in [0.25, 0.3) is 11.4 Å². The number of H-pyrrole nitrogens is 1. The Morgan fingerprint density at radius 3 is 2.81 bits per heavy atom. The number of aromatic amines is 1. The summed E-state index contributed by atoms with van der Waals surface area (Å²) in [5.74, 6) is 0.658. The summed E-state index contributed by atoms with van der Waals surface area (Å²) in [7, 11) is 0. The fourth-order valence-corrected chi connectivity index (χ4v) is 4.00. The van der Waals surface area contributed by atoms with Crippen molar-refractivity contribution in [3.05, 3.63) is 36.2 Å². The summed E-state index contributed by atoms with van der Waals surface area (Å²) in [6, 6.07) is 7.59. The van der Waals surface area contributed by atoms with Crippen molar-refractivity contribution in [1.29, 1.82) is 0 Å². The third-order valence-corrected chi connectivity index (χ3v) is 5.38. The zero-order chi connectivity index (χ0) is 18.5. The summed E-state index contributed by atoms with van der Waals surface area (Å²) >= 11 is 0. The monoisotopic (exact) mass is 369 g/mol. The number of piperidine rings is 1. The fourth-order valence-electron chi connectivity index (χ4n) is 4.00. The molecule has 2 fully saturated rings. The van der Waals surface area contributed by atoms with Crippen LogP contribution in [0.2, 0.25) is 0 Å². The lowest BCUT2D eigenvalue weighted by atomic mass is 10.1. The van der Waals surface area contributed by atoms with E-state index in [-0.39, 0.29) is 12.0 Å². The van der Waals surface area contributed by atoms with E-state index in [2.05, 4.69) is 20.1 Å². The number of hydrogen-bond donors (Lipinski definition) is 1. The SMILES string of the molecule is O=C(c1ccccc1-c1ncn[nH]1)N1CCCOC(CN2CCCCC2)C1. The highest BCUT2D eigenvalue weighted by atomic mass is 16.5. The molecule has 0 bridgehead atoms. The normalized spacial score (nSPS) is 21.8. The zero-order valence-corrected chi connectivity index (χ0v) is 15.6. The van der Waals surface area contributed by atoms with E-state index in [9.17, 15) is 4.79 Å². The lowest BCUT2D eigenvalue weighted by molar-refractivity contribution is 0.0216. The number of hydrogen-bond acceptors (Lipinski definition) is 5. The molecule has 0 spiro atoms. The number of carbonyl (C=O) groups is 1. The van der Waals surface area contributed by atoms with Gasteiger partial charge in [-0.2, -0.15) is 5.10 Å². The molecule has 4 rings (SSSR count). The Labute approximate surface area is 159 Å². The van der Waals surface area contributed by atoms with E-state index in [1.807, 2.05) is 29.2 Å². The summed E-state index contributed by atoms with van der Waals surface area (Å²) in [5.41, 5.74) is 1.45. The molecule has 2 aromatic rings. The Kier molecular flexibility index (Phi) is 5.79. The molecule has 27 heavy (non-hydrogen) atoms. The van der Waals surface area contributed by atoms with Gasteiger partial charge in [0.1, 0.15) is 6.33 Å². The van der Waals surface area contributed by atoms with Crippen molar-refractivity contribution in [3.63, 3.8) is 0 Å². The van der Waals surface area contributed by atoms with Crippen LogP contribution in [0.3, 0.4) is 0 Å². The first-order chi connectivity index (χ1) is 13.3. The predicted molar refractivity (Wildman–Crippen MR) is 102 cm³/mol. The van der Waals surface area contributed by atoms with Crippen molar-refractivity contribution in [3.8, 4) is 11.4 Å². The van der Waals surface area contributed by atoms with Gasteiger partial charge in [-0.25, -0.2) is 4.98 Å². The molecule has 0 saturated carbocycles. The molecule has 2 saturated heterocycles. The average molecular weight is 369 g/mol. The van der Waals surface area contributed by atoms with Gasteiger partial charge >= 0.3 is 0 Å². The third kappa shape index (κ3) is 4.36. The molecular formula is C20H27N5O2. The highest BCUT2D eigenvalue weighted by Gasteiger charge is 2.27. The first kappa shape index (κ1) is 18.1. The zero-order valence-electron chi connectivity index (χ0n) is 15.6. The number of nitrogens with zero attached hydrogens (tertiary/aromatic N) is 4. The Morgan fingerprint density at radius 2 is 2.00 bits per heavy atom. The van der Waals surface area contributed by atoms with Crippen LogP contribution in [0, 0.1) is 0 Å². The lowest BCUT2D eigenvalue weighted by Crippen LogP contribution is -2.44. The van der Waals surface area contributed by atoms with Crippen LogP contribution in [-0.2, 0) is 4.74 Å². The summed E-state index contributed by atoms with van der Waals surface area (Å²) in [6.45, 7) is 5.27. The van der Waals surface area contributed by atoms with Gasteiger partial charge in [-0.05, 0) is 38.4 Å². The number of aromatic nitrogens is 3. The van der Waals surface area contributed by atoms with Gasteiger partial charge in [0.05, 0.1) is 11.7 Å². The first-order valence-corrected chi connectivity index (χ1v) is 9.89. The number of rotatable bonds is 4. The number of ether oxygens (including phenoxy) is 1. The molecule has 3 heterocycles. The van der Waals surface area contributed by atoms with Gasteiger partial charge < -0.3 is 14.5 Å². The quantitative estimate of drug-likeness (QED) is 0.894. The van der Waals surface area contributed by atoms with Crippen molar-refractivity contribution < 1.29 is 9.53 Å². The van der Waals surface area contributed by atoms with Gasteiger partial charge in [-0.3, -0.25) is 9.89 Å². The van der Waals surface area contributed by atoms with Crippen molar-refractivity contribution in [2.75, 3.05) is 39.3 Å². The van der Waals surface area contributed by atoms with Gasteiger partial charge in [0.15, 0.2) is 5.82 Å². The first-order valence-electron chi connectivity index (χ1n) is 9.89. The second kappa shape index (κ2) is 8.63. The van der Waals surface area contributed by atoms with Crippen LogP contribution in [0.1, 0.15) is 36.0 Å². The highest BCUT2D eigenvalue weighted by Crippen LogP contribution is 2.22. The van der Waals surface area contributed by atoms with E-state index in [0.29, 0.717) is 24.5 Å². The molecule has 2 aliphatic rings. The fraction of sp³-hybridized carbons (Fsp3) is 0.550. The maximum atomic E-state index is 13.3. The molecule has 2 aliphatic heterocycles. The third-order valence-electron chi connectivity index (χ3n) is 5.38. The van der Waals surface area contributed by atoms with Crippen LogP contribution < -0.4 is 0 Å². The number of nitrogens with one attached hydrogen (secondary N) is 1. The van der Waals surface area contributed by atoms with E-state index < -0.39 is 0 Å². The van der Waals surface area contributed by atoms with Crippen molar-refractivity contribution in [1.82, 2.24) is 25.0 Å². The topological polar surface area (TPSA) is 74.3 Å². The Balaban J connectivity index is 1.49. The second-order valence-electron chi connectivity index (χ2n) is 7.34. The number of carbonyl (C=O) groups excluding carboxylic acids is 1. The summed E-state index contributed by atoms with van der Waals surface area (Å²) in [5, 5.41) is 6.78. The molecule has 7 nitrogen and oxygen atoms in total. The van der Waals surface area contributed by atoms with Gasteiger partial charge in [0, 0.05) is 31.8 Å². The molecule has 1 unspecified atom stereocenters. The number of likely N-dealkylation sites (tertiary alicyclic amines) is 1. The molecule has 0 aliphatic carbocycles. The van der Waals surface area contributed by atoms with Crippen LogP contribution >= 0.6 is 0 Å². The Bertz CT molecular complexity index is 743. The summed E-state index contributed by atoms with van der Waals surface area (Å²) in [6.07, 6.45) is 6.26. The van der Waals surface area contributed by atoms with E-state index in [0.717, 1.165) is 38.2 Å². The number of amides is 1. The van der Waals surface area contributed by atoms with Crippen molar-refractivity contribution in [2.24, 2.45) is 0 Å². The maximum absolute atomic E-state index is 13.3. The molecule has 1 aromatic heterocycles. The smallest absolute Gasteiger partial charge is 0.254 e. The standard InChI is InChI=1S/C20H27N5O2/c26-20(18-8-3-2-7-17(18)19-21-15-22-23-19)25-11-6-12-27-16(14-25)13-24-9-4-1-5-10-24/h2-3,7-8,15-16H,1,4-6,9-14H2,(H,21,22,23). The van der Waals surface area contributed by atoms with Gasteiger partial charge in [-0.1, -0.05) is 24.6 Å². The van der Waals surface area contributed by atoms with Gasteiger partial charge in [-0.15, -0.1) is 0 Å². The molecule has 1 N–H and O–H groups in total. The minimum atomic E-state index is 0.0381. The average Bonchev–Trinajstić information content (AvgIpc) is 3.15. The van der Waals surface area contributed by atoms with Crippen molar-refractivity contribution >= 4 is 5.91 Å².